The first-order valence-electron chi connectivity index (χ1n) is 17.6. The van der Waals surface area contributed by atoms with Gasteiger partial charge in [-0.2, -0.15) is 0 Å². The molecular formula is C40H60O10. The lowest BCUT2D eigenvalue weighted by atomic mass is 9.82. The van der Waals surface area contributed by atoms with Crippen LogP contribution in [0.15, 0.2) is 72.9 Å². The van der Waals surface area contributed by atoms with Crippen LogP contribution in [0.2, 0.25) is 0 Å². The van der Waals surface area contributed by atoms with Gasteiger partial charge in [0.25, 0.3) is 0 Å². The fourth-order valence-corrected chi connectivity index (χ4v) is 5.45. The third-order valence-electron chi connectivity index (χ3n) is 9.74. The second-order valence-corrected chi connectivity index (χ2v) is 14.0. The molecule has 14 atom stereocenters. The molecule has 1 rings (SSSR count). The molecule has 0 saturated carbocycles. The smallest absolute Gasteiger partial charge is 0.331 e. The quantitative estimate of drug-likeness (QED) is 0.145. The van der Waals surface area contributed by atoms with Gasteiger partial charge in [-0.1, -0.05) is 104 Å². The van der Waals surface area contributed by atoms with Gasteiger partial charge in [-0.3, -0.25) is 9.59 Å². The molecule has 1 aliphatic rings. The minimum Gasteiger partial charge on any atom is -0.458 e. The summed E-state index contributed by atoms with van der Waals surface area (Å²) in [5.41, 5.74) is 0. The molecule has 14 unspecified atom stereocenters. The van der Waals surface area contributed by atoms with Gasteiger partial charge in [0.05, 0.1) is 24.4 Å². The van der Waals surface area contributed by atoms with Gasteiger partial charge in [-0.15, -0.1) is 0 Å². The topological polar surface area (TPSA) is 168 Å². The molecule has 0 aromatic heterocycles. The average Bonchev–Trinajstić information content (AvgIpc) is 3.07. The monoisotopic (exact) mass is 700 g/mol. The molecule has 1 aliphatic heterocycles. The highest BCUT2D eigenvalue weighted by Gasteiger charge is 2.36. The van der Waals surface area contributed by atoms with Crippen LogP contribution in [0.25, 0.3) is 0 Å². The number of hydrogen-bond acceptors (Lipinski definition) is 10. The summed E-state index contributed by atoms with van der Waals surface area (Å²) in [4.78, 5) is 51.5. The minimum absolute atomic E-state index is 0.242. The fraction of sp³-hybridized carbons (Fsp3) is 0.600. The van der Waals surface area contributed by atoms with E-state index in [1.165, 1.54) is 36.5 Å². The van der Waals surface area contributed by atoms with Gasteiger partial charge in [0.1, 0.15) is 12.2 Å². The zero-order valence-corrected chi connectivity index (χ0v) is 31.2. The van der Waals surface area contributed by atoms with Gasteiger partial charge in [0.2, 0.25) is 0 Å². The van der Waals surface area contributed by atoms with Crippen LogP contribution in [0, 0.1) is 47.3 Å². The first kappa shape index (κ1) is 44.6. The van der Waals surface area contributed by atoms with E-state index in [0.29, 0.717) is 0 Å². The number of rotatable bonds is 14. The zero-order valence-electron chi connectivity index (χ0n) is 31.2. The first-order chi connectivity index (χ1) is 23.3. The highest BCUT2D eigenvalue weighted by atomic mass is 16.5. The molecule has 4 N–H and O–H groups in total. The third-order valence-corrected chi connectivity index (χ3v) is 9.74. The molecule has 0 radical (unpaired) electrons. The van der Waals surface area contributed by atoms with Crippen LogP contribution in [-0.2, 0) is 28.7 Å². The maximum Gasteiger partial charge on any atom is 0.331 e. The van der Waals surface area contributed by atoms with Gasteiger partial charge < -0.3 is 29.9 Å². The summed E-state index contributed by atoms with van der Waals surface area (Å²) in [5.74, 6) is -6.23. The van der Waals surface area contributed by atoms with Crippen molar-refractivity contribution in [3.05, 3.63) is 72.9 Å². The predicted octanol–water partition coefficient (Wildman–Crippen LogP) is 4.87. The number of carbonyl (C=O) groups excluding carboxylic acids is 4. The number of esters is 2. The lowest BCUT2D eigenvalue weighted by molar-refractivity contribution is -0.152. The fourth-order valence-electron chi connectivity index (χ4n) is 5.45. The largest absolute Gasteiger partial charge is 0.458 e. The average molecular weight is 701 g/mol. The summed E-state index contributed by atoms with van der Waals surface area (Å²) in [6, 6.07) is 0. The van der Waals surface area contributed by atoms with Crippen molar-refractivity contribution in [2.24, 2.45) is 47.3 Å². The van der Waals surface area contributed by atoms with Crippen LogP contribution < -0.4 is 0 Å². The van der Waals surface area contributed by atoms with E-state index in [2.05, 4.69) is 0 Å². The number of carbonyl (C=O) groups is 4. The highest BCUT2D eigenvalue weighted by molar-refractivity contribution is 5.92. The summed E-state index contributed by atoms with van der Waals surface area (Å²) in [7, 11) is 0. The number of ketones is 2. The Bertz CT molecular complexity index is 1190. The Labute approximate surface area is 298 Å². The standard InChI is InChI=1S/C40H60O10/c1-23(31(9)41)19-21-33(43)27(5)37(47)29(7)39-25(3)15-11-13-18-36(46)50-40(26(4)16-12-14-17-35(45)49-39)30(8)38(48)28(6)34(44)22-20-24(2)32(10)42/h11-32,37-42,47-48H,1-10H3. The van der Waals surface area contributed by atoms with Crippen LogP contribution in [0.4, 0.5) is 0 Å². The van der Waals surface area contributed by atoms with Crippen molar-refractivity contribution in [3.63, 3.8) is 0 Å². The van der Waals surface area contributed by atoms with E-state index in [0.717, 1.165) is 0 Å². The van der Waals surface area contributed by atoms with E-state index in [1.807, 2.05) is 0 Å². The van der Waals surface area contributed by atoms with Crippen molar-refractivity contribution in [1.29, 1.82) is 0 Å². The number of hydrogen-bond donors (Lipinski definition) is 4. The van der Waals surface area contributed by atoms with Gasteiger partial charge in [0, 0.05) is 59.5 Å². The Balaban J connectivity index is 3.25. The second-order valence-electron chi connectivity index (χ2n) is 14.0. The summed E-state index contributed by atoms with van der Waals surface area (Å²) in [6.07, 6.45) is 12.7. The molecule has 10 heteroatoms. The number of ether oxygens (including phenoxy) is 2. The van der Waals surface area contributed by atoms with E-state index < -0.39 is 84.1 Å². The minimum atomic E-state index is -1.15. The predicted molar refractivity (Wildman–Crippen MR) is 193 cm³/mol. The molecule has 0 spiro atoms. The van der Waals surface area contributed by atoms with Crippen molar-refractivity contribution >= 4 is 23.5 Å². The summed E-state index contributed by atoms with van der Waals surface area (Å²) in [6.45, 7) is 17.0. The number of aliphatic hydroxyl groups excluding tert-OH is 4. The van der Waals surface area contributed by atoms with Crippen molar-refractivity contribution < 1.29 is 49.1 Å². The van der Waals surface area contributed by atoms with Gasteiger partial charge >= 0.3 is 11.9 Å². The van der Waals surface area contributed by atoms with Gasteiger partial charge in [-0.25, -0.2) is 9.59 Å². The summed E-state index contributed by atoms with van der Waals surface area (Å²) < 4.78 is 11.6. The molecule has 10 nitrogen and oxygen atoms in total. The maximum absolute atomic E-state index is 12.9. The molecule has 0 aromatic carbocycles. The zero-order chi connectivity index (χ0) is 38.3. The van der Waals surface area contributed by atoms with E-state index in [-0.39, 0.29) is 23.4 Å². The molecule has 1 heterocycles. The second kappa shape index (κ2) is 21.7. The summed E-state index contributed by atoms with van der Waals surface area (Å²) in [5, 5.41) is 41.7. The number of aliphatic hydroxyl groups is 4. The van der Waals surface area contributed by atoms with E-state index in [9.17, 15) is 39.6 Å². The van der Waals surface area contributed by atoms with Crippen LogP contribution in [0.1, 0.15) is 69.2 Å². The van der Waals surface area contributed by atoms with Crippen molar-refractivity contribution in [2.75, 3.05) is 0 Å². The van der Waals surface area contributed by atoms with Crippen LogP contribution in [0.5, 0.6) is 0 Å². The van der Waals surface area contributed by atoms with Crippen LogP contribution in [-0.4, -0.2) is 80.6 Å². The highest BCUT2D eigenvalue weighted by Crippen LogP contribution is 2.28. The normalized spacial score (nSPS) is 27.1. The Morgan fingerprint density at radius 1 is 0.600 bits per heavy atom. The van der Waals surface area contributed by atoms with Gasteiger partial charge in [-0.05, 0) is 26.0 Å². The molecule has 0 aliphatic carbocycles. The third kappa shape index (κ3) is 14.4. The number of cyclic esters (lactones) is 2. The molecule has 0 bridgehead atoms. The van der Waals surface area contributed by atoms with Crippen LogP contribution in [0.3, 0.4) is 0 Å². The van der Waals surface area contributed by atoms with E-state index in [1.54, 1.807) is 106 Å². The Morgan fingerprint density at radius 3 is 1.22 bits per heavy atom. The Morgan fingerprint density at radius 2 is 0.920 bits per heavy atom. The molecule has 280 valence electrons. The number of allylic oxidation sites excluding steroid dienone is 6. The first-order valence-corrected chi connectivity index (χ1v) is 17.6. The van der Waals surface area contributed by atoms with E-state index >= 15 is 0 Å². The van der Waals surface area contributed by atoms with Crippen molar-refractivity contribution in [2.45, 2.75) is 106 Å². The van der Waals surface area contributed by atoms with Crippen molar-refractivity contribution in [3.8, 4) is 0 Å². The lowest BCUT2D eigenvalue weighted by Crippen LogP contribution is -2.41. The molecule has 0 fully saturated rings. The SMILES string of the molecule is CC(O)C(C)C=CC(=O)C(C)C(O)C(C)C1OC(=O)C=CC=CC(C)C(C(C)C(O)C(C)C(=O)C=CC(C)C(C)O)OC(=O)C=CC=CC1C. The molecule has 50 heavy (non-hydrogen) atoms. The lowest BCUT2D eigenvalue weighted by Gasteiger charge is -2.33. The maximum atomic E-state index is 12.9. The molecular weight excluding hydrogens is 640 g/mol. The molecule has 0 aromatic rings. The van der Waals surface area contributed by atoms with Gasteiger partial charge in [0.15, 0.2) is 11.6 Å². The molecule has 0 saturated heterocycles. The molecule has 0 amide bonds. The Kier molecular flexibility index (Phi) is 19.4. The summed E-state index contributed by atoms with van der Waals surface area (Å²) >= 11 is 0. The Hall–Kier alpha value is -3.44. The van der Waals surface area contributed by atoms with E-state index in [4.69, 9.17) is 9.47 Å². The van der Waals surface area contributed by atoms with Crippen molar-refractivity contribution in [1.82, 2.24) is 0 Å². The van der Waals surface area contributed by atoms with Crippen LogP contribution >= 0.6 is 0 Å².